The quantitative estimate of drug-likeness (QED) is 0.0364. The molecule has 2 aromatic heterocycles. The molecule has 2 atom stereocenters. The van der Waals surface area contributed by atoms with Crippen LogP contribution in [-0.2, 0) is 69.5 Å². The number of nitrogens with one attached hydrogen (secondary N) is 4. The molecular weight excluding hydrogens is 1070 g/mol. The van der Waals surface area contributed by atoms with Gasteiger partial charge in [-0.15, -0.1) is 0 Å². The number of ether oxygens (including phenoxy) is 4. The van der Waals surface area contributed by atoms with Crippen LogP contribution in [0.2, 0.25) is 0 Å². The van der Waals surface area contributed by atoms with E-state index in [-0.39, 0.29) is 66.4 Å². The Balaban J connectivity index is 0.719. The Morgan fingerprint density at radius 1 is 0.864 bits per heavy atom. The maximum absolute atomic E-state index is 14.2. The lowest BCUT2D eigenvalue weighted by Crippen LogP contribution is -2.59. The number of amides is 2. The zero-order valence-corrected chi connectivity index (χ0v) is 47.3. The number of pyridine rings is 1. The summed E-state index contributed by atoms with van der Waals surface area (Å²) >= 11 is 0. The molecule has 4 N–H and O–H groups in total. The van der Waals surface area contributed by atoms with Gasteiger partial charge < -0.3 is 45.1 Å². The molecule has 8 rings (SSSR count). The lowest BCUT2D eigenvalue weighted by Gasteiger charge is -2.39. The van der Waals surface area contributed by atoms with Gasteiger partial charge in [-0.1, -0.05) is 38.1 Å². The molecular formula is C57H73F4N11O8S. The third-order valence-corrected chi connectivity index (χ3v) is 15.5. The average Bonchev–Trinajstić information content (AvgIpc) is 3.98. The van der Waals surface area contributed by atoms with E-state index in [1.54, 1.807) is 37.4 Å². The normalized spacial score (nSPS) is 18.0. The van der Waals surface area contributed by atoms with Gasteiger partial charge in [0, 0.05) is 114 Å². The van der Waals surface area contributed by atoms with Crippen molar-refractivity contribution in [2.24, 2.45) is 0 Å². The Hall–Kier alpha value is -6.22. The summed E-state index contributed by atoms with van der Waals surface area (Å²) in [7, 11) is -1.83. The summed E-state index contributed by atoms with van der Waals surface area (Å²) < 4.78 is 102. The van der Waals surface area contributed by atoms with Crippen LogP contribution in [0.3, 0.4) is 0 Å². The summed E-state index contributed by atoms with van der Waals surface area (Å²) in [5.41, 5.74) is 4.63. The highest BCUT2D eigenvalue weighted by Crippen LogP contribution is 2.41. The average molecular weight is 1150 g/mol. The summed E-state index contributed by atoms with van der Waals surface area (Å²) in [4.78, 5) is 49.0. The number of sulfone groups is 1. The number of nitrogens with zero attached hydrogens (tertiary/aromatic N) is 7. The summed E-state index contributed by atoms with van der Waals surface area (Å²) in [5, 5.41) is 11.7. The number of aromatic nitrogens is 3. The Labute approximate surface area is 471 Å². The van der Waals surface area contributed by atoms with Crippen LogP contribution in [-0.4, -0.2) is 180 Å². The number of hydrogen-bond donors (Lipinski definition) is 4. The number of benzene rings is 3. The predicted molar refractivity (Wildman–Crippen MR) is 300 cm³/mol. The number of alkyl halides is 3. The fourth-order valence-corrected chi connectivity index (χ4v) is 10.7. The van der Waals surface area contributed by atoms with Crippen molar-refractivity contribution in [2.45, 2.75) is 68.9 Å². The predicted octanol–water partition coefficient (Wildman–Crippen LogP) is 6.12. The third kappa shape index (κ3) is 17.4. The first-order valence-corrected chi connectivity index (χ1v) is 29.0. The summed E-state index contributed by atoms with van der Waals surface area (Å²) in [6.07, 6.45) is -2.49. The third-order valence-electron chi connectivity index (χ3n) is 14.4. The number of halogens is 4. The monoisotopic (exact) mass is 1150 g/mol. The maximum Gasteiger partial charge on any atom is 0.421 e. The van der Waals surface area contributed by atoms with E-state index in [1.165, 1.54) is 30.3 Å². The molecule has 0 spiro atoms. The molecule has 0 saturated carbocycles. The van der Waals surface area contributed by atoms with Gasteiger partial charge in [-0.2, -0.15) is 18.2 Å². The second-order valence-electron chi connectivity index (χ2n) is 21.3. The fourth-order valence-electron chi connectivity index (χ4n) is 10.0. The van der Waals surface area contributed by atoms with Gasteiger partial charge in [-0.3, -0.25) is 29.3 Å². The minimum absolute atomic E-state index is 0.0383. The molecule has 19 nitrogen and oxygen atoms in total. The molecule has 438 valence electrons. The number of hydrogen-bond acceptors (Lipinski definition) is 17. The maximum atomic E-state index is 14.2. The Bertz CT molecular complexity index is 3020. The number of methoxy groups -OCH3 is 1. The van der Waals surface area contributed by atoms with Crippen LogP contribution in [0.25, 0.3) is 0 Å². The SMILES string of the molecule is COC[C@H]1CN[C@H](C)CN1CC(=O)N1CC(C)(C)c2nc(CN3CCN(CCOCCOCCOCC(=O)Nc4ccc(Nc5ncc(C(F)(F)F)c(NCc6cccc(S(C)(=O)=O)c6)n5)cc4)CC3)c(Cc3ccc(F)cc3)cc21. The number of rotatable bonds is 26. The van der Waals surface area contributed by atoms with Crippen molar-refractivity contribution in [1.82, 2.24) is 35.0 Å². The highest BCUT2D eigenvalue weighted by molar-refractivity contribution is 7.90. The first-order valence-electron chi connectivity index (χ1n) is 27.1. The molecule has 0 aliphatic carbocycles. The van der Waals surface area contributed by atoms with Crippen molar-refractivity contribution >= 4 is 50.5 Å². The second-order valence-corrected chi connectivity index (χ2v) is 23.4. The summed E-state index contributed by atoms with van der Waals surface area (Å²) in [6, 6.07) is 21.3. The van der Waals surface area contributed by atoms with Crippen molar-refractivity contribution in [3.8, 4) is 0 Å². The number of piperazine rings is 2. The largest absolute Gasteiger partial charge is 0.421 e. The van der Waals surface area contributed by atoms with Crippen molar-refractivity contribution in [3.63, 3.8) is 0 Å². The van der Waals surface area contributed by atoms with Gasteiger partial charge in [-0.25, -0.2) is 17.8 Å². The molecule has 0 unspecified atom stereocenters. The Morgan fingerprint density at radius 2 is 1.56 bits per heavy atom. The molecule has 2 saturated heterocycles. The van der Waals surface area contributed by atoms with E-state index in [1.807, 2.05) is 17.0 Å². The van der Waals surface area contributed by atoms with Crippen LogP contribution in [0.1, 0.15) is 54.4 Å². The first kappa shape index (κ1) is 60.9. The Morgan fingerprint density at radius 3 is 2.26 bits per heavy atom. The number of fused-ring (bicyclic) bond motifs is 1. The molecule has 0 bridgehead atoms. The van der Waals surface area contributed by atoms with E-state index in [9.17, 15) is 35.6 Å². The van der Waals surface area contributed by atoms with Gasteiger partial charge in [-0.05, 0) is 84.6 Å². The van der Waals surface area contributed by atoms with Gasteiger partial charge in [0.1, 0.15) is 23.8 Å². The van der Waals surface area contributed by atoms with Gasteiger partial charge in [0.2, 0.25) is 17.8 Å². The van der Waals surface area contributed by atoms with Crippen LogP contribution in [0.5, 0.6) is 0 Å². The van der Waals surface area contributed by atoms with Crippen molar-refractivity contribution in [3.05, 3.63) is 125 Å². The summed E-state index contributed by atoms with van der Waals surface area (Å²) in [5.74, 6) is -1.26. The molecule has 0 radical (unpaired) electrons. The van der Waals surface area contributed by atoms with E-state index in [4.69, 9.17) is 23.9 Å². The molecule has 2 fully saturated rings. The highest BCUT2D eigenvalue weighted by atomic mass is 32.2. The molecule has 5 heterocycles. The minimum atomic E-state index is -4.76. The van der Waals surface area contributed by atoms with E-state index in [0.29, 0.717) is 75.6 Å². The lowest BCUT2D eigenvalue weighted by atomic mass is 9.90. The zero-order chi connectivity index (χ0) is 57.7. The zero-order valence-electron chi connectivity index (χ0n) is 46.5. The molecule has 3 aliphatic rings. The molecule has 3 aromatic carbocycles. The van der Waals surface area contributed by atoms with Crippen LogP contribution in [0.15, 0.2) is 90.0 Å². The van der Waals surface area contributed by atoms with E-state index in [0.717, 1.165) is 80.3 Å². The molecule has 5 aromatic rings. The van der Waals surface area contributed by atoms with Gasteiger partial charge in [0.05, 0.1) is 68.2 Å². The smallest absolute Gasteiger partial charge is 0.383 e. The van der Waals surface area contributed by atoms with Crippen molar-refractivity contribution < 1.29 is 54.5 Å². The van der Waals surface area contributed by atoms with Gasteiger partial charge in [0.25, 0.3) is 0 Å². The molecule has 81 heavy (non-hydrogen) atoms. The van der Waals surface area contributed by atoms with E-state index < -0.39 is 33.3 Å². The molecule has 2 amide bonds. The van der Waals surface area contributed by atoms with Gasteiger partial charge >= 0.3 is 6.18 Å². The minimum Gasteiger partial charge on any atom is -0.383 e. The van der Waals surface area contributed by atoms with Crippen LogP contribution < -0.4 is 26.2 Å². The molecule has 24 heteroatoms. The van der Waals surface area contributed by atoms with Crippen LogP contribution >= 0.6 is 0 Å². The van der Waals surface area contributed by atoms with Crippen molar-refractivity contribution in [2.75, 3.05) is 139 Å². The van der Waals surface area contributed by atoms with E-state index >= 15 is 0 Å². The van der Waals surface area contributed by atoms with Crippen LogP contribution in [0.4, 0.5) is 46.4 Å². The van der Waals surface area contributed by atoms with E-state index in [2.05, 4.69) is 72.8 Å². The topological polar surface area (TPSA) is 205 Å². The summed E-state index contributed by atoms with van der Waals surface area (Å²) in [6.45, 7) is 15.6. The fraction of sp³-hybridized carbons (Fsp3) is 0.491. The molecule has 3 aliphatic heterocycles. The van der Waals surface area contributed by atoms with Gasteiger partial charge in [0.15, 0.2) is 9.84 Å². The number of carbonyl (C=O) groups excluding carboxylic acids is 2. The second kappa shape index (κ2) is 27.7. The number of carbonyl (C=O) groups is 2. The highest BCUT2D eigenvalue weighted by Gasteiger charge is 2.42. The first-order chi connectivity index (χ1) is 38.7. The Kier molecular flexibility index (Phi) is 20.8. The standard InChI is InChI=1S/C57H73F4N11O8S/c1-39-33-71(46(31-62-39)36-77-4)35-52(74)72-38-56(2,3)53-50(72)29-42(27-40-9-11-43(58)12-10-40)49(67-53)34-70-19-17-69(18-20-70)21-22-78-23-24-79-25-26-80-37-51(73)65-44-13-15-45(16-14-44)66-55-64-32-48(57(59,60)61)54(68-55)63-30-41-7-6-8-47(28-41)81(5,75)76/h6-16,28-29,32,39,46,62H,17-27,30-31,33-38H2,1-5H3,(H,65,73)(H2,63,64,66,68)/t39-,46-/m1/s1. The van der Waals surface area contributed by atoms with Crippen molar-refractivity contribution in [1.29, 1.82) is 0 Å². The van der Waals surface area contributed by atoms with Crippen LogP contribution in [0, 0.1) is 5.82 Å². The number of anilines is 5. The lowest BCUT2D eigenvalue weighted by molar-refractivity contribution is -0.137.